The molecule has 0 aliphatic heterocycles. The van der Waals surface area contributed by atoms with Gasteiger partial charge in [-0.2, -0.15) is 0 Å². The van der Waals surface area contributed by atoms with Crippen molar-refractivity contribution < 1.29 is 0 Å². The van der Waals surface area contributed by atoms with E-state index in [9.17, 15) is 0 Å². The van der Waals surface area contributed by atoms with Crippen LogP contribution >= 0.6 is 0 Å². The number of nitrogens with two attached hydrogens (primary N) is 1. The maximum absolute atomic E-state index is 5.50. The van der Waals surface area contributed by atoms with Gasteiger partial charge in [-0.15, -0.1) is 0 Å². The molecule has 62 valence electrons. The molecule has 2 N–H and O–H groups in total. The Morgan fingerprint density at radius 3 is 2.92 bits per heavy atom. The van der Waals surface area contributed by atoms with Crippen LogP contribution in [0.2, 0.25) is 0 Å². The lowest BCUT2D eigenvalue weighted by Gasteiger charge is -1.99. The first kappa shape index (κ1) is 8.53. The van der Waals surface area contributed by atoms with E-state index in [4.69, 9.17) is 5.73 Å². The van der Waals surface area contributed by atoms with Crippen LogP contribution in [0.25, 0.3) is 6.08 Å². The van der Waals surface area contributed by atoms with E-state index in [-0.39, 0.29) is 0 Å². The fourth-order valence-electron chi connectivity index (χ4n) is 0.935. The Hall–Kier alpha value is -1.57. The van der Waals surface area contributed by atoms with Crippen LogP contribution in [0.1, 0.15) is 11.1 Å². The minimum atomic E-state index is 0.559. The van der Waals surface area contributed by atoms with Crippen LogP contribution in [-0.2, 0) is 0 Å². The molecule has 2 nitrogen and oxygen atoms in total. The van der Waals surface area contributed by atoms with Crippen molar-refractivity contribution in [2.24, 2.45) is 0 Å². The van der Waals surface area contributed by atoms with E-state index >= 15 is 0 Å². The number of aromatic nitrogens is 1. The summed E-state index contributed by atoms with van der Waals surface area (Å²) in [5, 5.41) is 0. The standard InChI is InChI=1S/C10H12N2/c1-3-4-5-9-7-12-10(11)6-8(9)2/h3-7H,1H2,2H3,(H2,11,12)/b5-4-. The SMILES string of the molecule is C=C/C=C\c1cnc(N)cc1C. The van der Waals surface area contributed by atoms with Crippen molar-refractivity contribution >= 4 is 11.9 Å². The quantitative estimate of drug-likeness (QED) is 0.673. The largest absolute Gasteiger partial charge is 0.384 e. The monoisotopic (exact) mass is 160 g/mol. The molecule has 1 rings (SSSR count). The molecule has 0 spiro atoms. The highest BCUT2D eigenvalue weighted by molar-refractivity contribution is 5.55. The maximum Gasteiger partial charge on any atom is 0.123 e. The van der Waals surface area contributed by atoms with Crippen molar-refractivity contribution in [1.29, 1.82) is 0 Å². The summed E-state index contributed by atoms with van der Waals surface area (Å²) < 4.78 is 0. The van der Waals surface area contributed by atoms with Gasteiger partial charge >= 0.3 is 0 Å². The zero-order valence-corrected chi connectivity index (χ0v) is 7.12. The molecular weight excluding hydrogens is 148 g/mol. The third-order valence-corrected chi connectivity index (χ3v) is 1.58. The second-order valence-electron chi connectivity index (χ2n) is 2.56. The van der Waals surface area contributed by atoms with Gasteiger partial charge in [0.15, 0.2) is 0 Å². The zero-order chi connectivity index (χ0) is 8.97. The van der Waals surface area contributed by atoms with Crippen molar-refractivity contribution in [3.63, 3.8) is 0 Å². The summed E-state index contributed by atoms with van der Waals surface area (Å²) in [6.45, 7) is 5.59. The van der Waals surface area contributed by atoms with E-state index in [1.807, 2.05) is 25.1 Å². The minimum Gasteiger partial charge on any atom is -0.384 e. The van der Waals surface area contributed by atoms with Gasteiger partial charge in [-0.3, -0.25) is 0 Å². The number of hydrogen-bond acceptors (Lipinski definition) is 2. The Kier molecular flexibility index (Phi) is 2.64. The second-order valence-corrected chi connectivity index (χ2v) is 2.56. The topological polar surface area (TPSA) is 38.9 Å². The van der Waals surface area contributed by atoms with Crippen LogP contribution in [0, 0.1) is 6.92 Å². The van der Waals surface area contributed by atoms with Crippen molar-refractivity contribution in [1.82, 2.24) is 4.98 Å². The van der Waals surface area contributed by atoms with Gasteiger partial charge in [0.05, 0.1) is 0 Å². The van der Waals surface area contributed by atoms with Gasteiger partial charge < -0.3 is 5.73 Å². The summed E-state index contributed by atoms with van der Waals surface area (Å²) in [5.41, 5.74) is 7.70. The van der Waals surface area contributed by atoms with Gasteiger partial charge in [0.2, 0.25) is 0 Å². The van der Waals surface area contributed by atoms with Crippen LogP contribution in [-0.4, -0.2) is 4.98 Å². The molecule has 0 saturated carbocycles. The Balaban J connectivity index is 3.01. The van der Waals surface area contributed by atoms with Gasteiger partial charge in [-0.25, -0.2) is 4.98 Å². The molecule has 0 amide bonds. The predicted octanol–water partition coefficient (Wildman–Crippen LogP) is 2.17. The lowest BCUT2D eigenvalue weighted by atomic mass is 10.1. The highest BCUT2D eigenvalue weighted by Gasteiger charge is 1.93. The van der Waals surface area contributed by atoms with E-state index in [0.29, 0.717) is 5.82 Å². The molecule has 0 aliphatic rings. The molecule has 0 aliphatic carbocycles. The third kappa shape index (κ3) is 1.95. The molecule has 1 aromatic rings. The lowest BCUT2D eigenvalue weighted by molar-refractivity contribution is 1.28. The Labute approximate surface area is 72.4 Å². The highest BCUT2D eigenvalue weighted by atomic mass is 14.8. The molecule has 0 atom stereocenters. The van der Waals surface area contributed by atoms with Crippen molar-refractivity contribution in [3.05, 3.63) is 42.1 Å². The number of hydrogen-bond donors (Lipinski definition) is 1. The molecule has 1 aromatic heterocycles. The molecule has 0 bridgehead atoms. The van der Waals surface area contributed by atoms with Crippen LogP contribution in [0.3, 0.4) is 0 Å². The number of allylic oxidation sites excluding steroid dienone is 2. The van der Waals surface area contributed by atoms with Crippen LogP contribution in [0.4, 0.5) is 5.82 Å². The Morgan fingerprint density at radius 2 is 2.33 bits per heavy atom. The average Bonchev–Trinajstić information content (AvgIpc) is 2.03. The number of anilines is 1. The number of nitrogens with zero attached hydrogens (tertiary/aromatic N) is 1. The first-order chi connectivity index (χ1) is 5.74. The minimum absolute atomic E-state index is 0.559. The molecule has 0 unspecified atom stereocenters. The molecule has 0 fully saturated rings. The van der Waals surface area contributed by atoms with Gasteiger partial charge in [0.1, 0.15) is 5.82 Å². The van der Waals surface area contributed by atoms with Gasteiger partial charge in [-0.1, -0.05) is 24.8 Å². The number of aryl methyl sites for hydroxylation is 1. The second kappa shape index (κ2) is 3.72. The van der Waals surface area contributed by atoms with Crippen LogP contribution in [0.15, 0.2) is 31.0 Å². The Morgan fingerprint density at radius 1 is 1.58 bits per heavy atom. The number of pyridine rings is 1. The summed E-state index contributed by atoms with van der Waals surface area (Å²) in [6.07, 6.45) is 7.31. The zero-order valence-electron chi connectivity index (χ0n) is 7.12. The molecule has 0 saturated heterocycles. The molecule has 0 aromatic carbocycles. The summed E-state index contributed by atoms with van der Waals surface area (Å²) in [4.78, 5) is 3.99. The van der Waals surface area contributed by atoms with E-state index in [1.165, 1.54) is 0 Å². The molecular formula is C10H12N2. The number of nitrogen functional groups attached to an aromatic ring is 1. The van der Waals surface area contributed by atoms with E-state index in [1.54, 1.807) is 12.3 Å². The smallest absolute Gasteiger partial charge is 0.123 e. The van der Waals surface area contributed by atoms with Gasteiger partial charge in [0, 0.05) is 6.20 Å². The van der Waals surface area contributed by atoms with Crippen LogP contribution < -0.4 is 5.73 Å². The summed E-state index contributed by atoms with van der Waals surface area (Å²) in [6, 6.07) is 1.85. The lowest BCUT2D eigenvalue weighted by Crippen LogP contribution is -1.91. The molecule has 2 heteroatoms. The third-order valence-electron chi connectivity index (χ3n) is 1.58. The summed E-state index contributed by atoms with van der Waals surface area (Å²) in [7, 11) is 0. The first-order valence-electron chi connectivity index (χ1n) is 3.75. The first-order valence-corrected chi connectivity index (χ1v) is 3.75. The van der Waals surface area contributed by atoms with Crippen molar-refractivity contribution in [2.75, 3.05) is 5.73 Å². The highest BCUT2D eigenvalue weighted by Crippen LogP contribution is 2.10. The average molecular weight is 160 g/mol. The van der Waals surface area contributed by atoms with Gasteiger partial charge in [0.25, 0.3) is 0 Å². The van der Waals surface area contributed by atoms with E-state index in [0.717, 1.165) is 11.1 Å². The summed E-state index contributed by atoms with van der Waals surface area (Å²) >= 11 is 0. The predicted molar refractivity (Wildman–Crippen MR) is 52.6 cm³/mol. The van der Waals surface area contributed by atoms with Gasteiger partial charge in [-0.05, 0) is 24.1 Å². The molecule has 1 heterocycles. The van der Waals surface area contributed by atoms with Crippen LogP contribution in [0.5, 0.6) is 0 Å². The number of rotatable bonds is 2. The fourth-order valence-corrected chi connectivity index (χ4v) is 0.935. The van der Waals surface area contributed by atoms with E-state index < -0.39 is 0 Å². The summed E-state index contributed by atoms with van der Waals surface area (Å²) in [5.74, 6) is 0.559. The maximum atomic E-state index is 5.50. The molecule has 0 radical (unpaired) electrons. The Bertz CT molecular complexity index is 314. The van der Waals surface area contributed by atoms with Crippen molar-refractivity contribution in [2.45, 2.75) is 6.92 Å². The molecule has 12 heavy (non-hydrogen) atoms. The van der Waals surface area contributed by atoms with E-state index in [2.05, 4.69) is 11.6 Å². The fraction of sp³-hybridized carbons (Fsp3) is 0.100. The normalized spacial score (nSPS) is 10.4. The van der Waals surface area contributed by atoms with Crippen molar-refractivity contribution in [3.8, 4) is 0 Å².